The summed E-state index contributed by atoms with van der Waals surface area (Å²) in [5, 5.41) is 0. The summed E-state index contributed by atoms with van der Waals surface area (Å²) in [6.07, 6.45) is 4.71. The van der Waals surface area contributed by atoms with Crippen LogP contribution in [0.4, 0.5) is 5.95 Å². The highest BCUT2D eigenvalue weighted by Gasteiger charge is 2.31. The Bertz CT molecular complexity index is 753. The van der Waals surface area contributed by atoms with Crippen LogP contribution in [0, 0.1) is 6.92 Å². The second-order valence-electron chi connectivity index (χ2n) is 6.32. The lowest BCUT2D eigenvalue weighted by Crippen LogP contribution is -2.37. The van der Waals surface area contributed by atoms with Gasteiger partial charge in [0.2, 0.25) is 5.95 Å². The van der Waals surface area contributed by atoms with Crippen molar-refractivity contribution in [3.8, 4) is 0 Å². The van der Waals surface area contributed by atoms with Crippen LogP contribution in [0.3, 0.4) is 0 Å². The molecule has 0 radical (unpaired) electrons. The summed E-state index contributed by atoms with van der Waals surface area (Å²) in [4.78, 5) is 7.44. The maximum Gasteiger partial charge on any atom is 0.206 e. The number of aryl methyl sites for hydroxylation is 2. The smallest absolute Gasteiger partial charge is 0.206 e. The molecule has 6 heteroatoms. The molecule has 22 heavy (non-hydrogen) atoms. The largest absolute Gasteiger partial charge is 0.338 e. The monoisotopic (exact) mass is 426 g/mol. The summed E-state index contributed by atoms with van der Waals surface area (Å²) in [5.41, 5.74) is 11.2. The molecular weight excluding hydrogens is 408 g/mol. The molecule has 1 unspecified atom stereocenters. The van der Waals surface area contributed by atoms with Crippen molar-refractivity contribution in [2.75, 3.05) is 18.0 Å². The van der Waals surface area contributed by atoms with Gasteiger partial charge in [-0.3, -0.25) is 0 Å². The minimum absolute atomic E-state index is 0.432. The molecule has 1 fully saturated rings. The van der Waals surface area contributed by atoms with E-state index in [1.165, 1.54) is 35.9 Å². The summed E-state index contributed by atoms with van der Waals surface area (Å²) in [6.45, 7) is 5.03. The molecule has 0 saturated carbocycles. The van der Waals surface area contributed by atoms with Crippen molar-refractivity contribution < 1.29 is 0 Å². The topological polar surface area (TPSA) is 47.1 Å². The van der Waals surface area contributed by atoms with Crippen LogP contribution in [-0.4, -0.2) is 28.7 Å². The molecule has 2 aliphatic rings. The van der Waals surface area contributed by atoms with Crippen molar-refractivity contribution in [3.63, 3.8) is 0 Å². The maximum absolute atomic E-state index is 5.97. The van der Waals surface area contributed by atoms with Crippen LogP contribution in [0.2, 0.25) is 0 Å². The van der Waals surface area contributed by atoms with E-state index in [4.69, 9.17) is 10.7 Å². The van der Waals surface area contributed by atoms with Gasteiger partial charge in [0, 0.05) is 30.1 Å². The minimum atomic E-state index is 0.432. The number of aromatic nitrogens is 2. The van der Waals surface area contributed by atoms with Crippen LogP contribution < -0.4 is 10.6 Å². The van der Waals surface area contributed by atoms with E-state index in [2.05, 4.69) is 48.3 Å². The Kier molecular flexibility index (Phi) is 3.74. The maximum atomic E-state index is 5.97. The van der Waals surface area contributed by atoms with Crippen molar-refractivity contribution in [1.29, 1.82) is 0 Å². The standard InChI is InChI=1S/C16H20Br2N4/c1-9-11-5-3-7-22-15(11)14(13(18)12(9)17)20-16(22)21-6-2-4-10(21)8-19/h10H,2-8,19H2,1H3. The van der Waals surface area contributed by atoms with Crippen LogP contribution in [0.25, 0.3) is 11.0 Å². The van der Waals surface area contributed by atoms with E-state index in [1.54, 1.807) is 0 Å². The Morgan fingerprint density at radius 1 is 1.23 bits per heavy atom. The lowest BCUT2D eigenvalue weighted by molar-refractivity contribution is 0.598. The number of hydrogen-bond acceptors (Lipinski definition) is 3. The second-order valence-corrected chi connectivity index (χ2v) is 7.91. The van der Waals surface area contributed by atoms with E-state index in [-0.39, 0.29) is 0 Å². The van der Waals surface area contributed by atoms with Gasteiger partial charge in [-0.25, -0.2) is 4.98 Å². The van der Waals surface area contributed by atoms with E-state index in [0.29, 0.717) is 12.6 Å². The first-order valence-electron chi connectivity index (χ1n) is 7.96. The summed E-state index contributed by atoms with van der Waals surface area (Å²) >= 11 is 7.47. The summed E-state index contributed by atoms with van der Waals surface area (Å²) in [6, 6.07) is 0.432. The number of nitrogens with zero attached hydrogens (tertiary/aromatic N) is 3. The number of rotatable bonds is 2. The molecule has 4 nitrogen and oxygen atoms in total. The lowest BCUT2D eigenvalue weighted by atomic mass is 9.99. The van der Waals surface area contributed by atoms with Gasteiger partial charge in [-0.15, -0.1) is 0 Å². The van der Waals surface area contributed by atoms with Gasteiger partial charge in [0.25, 0.3) is 0 Å². The third kappa shape index (κ3) is 2.00. The highest BCUT2D eigenvalue weighted by Crippen LogP contribution is 2.42. The number of halogens is 2. The third-order valence-corrected chi connectivity index (χ3v) is 7.43. The van der Waals surface area contributed by atoms with E-state index < -0.39 is 0 Å². The minimum Gasteiger partial charge on any atom is -0.338 e. The van der Waals surface area contributed by atoms with Gasteiger partial charge in [0.05, 0.1) is 9.99 Å². The Morgan fingerprint density at radius 3 is 2.82 bits per heavy atom. The normalized spacial score (nSPS) is 21.1. The lowest BCUT2D eigenvalue weighted by Gasteiger charge is -2.27. The van der Waals surface area contributed by atoms with Crippen molar-refractivity contribution >= 4 is 48.8 Å². The molecule has 0 spiro atoms. The zero-order valence-corrected chi connectivity index (χ0v) is 15.9. The molecule has 1 atom stereocenters. The fourth-order valence-electron chi connectivity index (χ4n) is 3.97. The number of anilines is 1. The second kappa shape index (κ2) is 5.49. The number of imidazole rings is 1. The fourth-order valence-corrected chi connectivity index (χ4v) is 4.97. The van der Waals surface area contributed by atoms with Crippen LogP contribution in [0.15, 0.2) is 8.95 Å². The van der Waals surface area contributed by atoms with E-state index in [0.717, 1.165) is 39.9 Å². The highest BCUT2D eigenvalue weighted by molar-refractivity contribution is 9.13. The molecule has 3 heterocycles. The van der Waals surface area contributed by atoms with Gasteiger partial charge in [0.15, 0.2) is 0 Å². The third-order valence-electron chi connectivity index (χ3n) is 5.13. The van der Waals surface area contributed by atoms with Gasteiger partial charge < -0.3 is 15.2 Å². The molecule has 0 amide bonds. The summed E-state index contributed by atoms with van der Waals surface area (Å²) in [7, 11) is 0. The van der Waals surface area contributed by atoms with Gasteiger partial charge in [0.1, 0.15) is 5.52 Å². The van der Waals surface area contributed by atoms with Crippen LogP contribution >= 0.6 is 31.9 Å². The van der Waals surface area contributed by atoms with Crippen molar-refractivity contribution in [2.24, 2.45) is 5.73 Å². The van der Waals surface area contributed by atoms with Crippen molar-refractivity contribution in [2.45, 2.75) is 45.2 Å². The molecule has 118 valence electrons. The van der Waals surface area contributed by atoms with Gasteiger partial charge in [-0.05, 0) is 75.6 Å². The van der Waals surface area contributed by atoms with Crippen LogP contribution in [0.1, 0.15) is 30.4 Å². The molecule has 0 bridgehead atoms. The average molecular weight is 428 g/mol. The highest BCUT2D eigenvalue weighted by atomic mass is 79.9. The molecule has 1 saturated heterocycles. The zero-order valence-electron chi connectivity index (χ0n) is 12.7. The predicted octanol–water partition coefficient (Wildman–Crippen LogP) is 3.74. The Morgan fingerprint density at radius 2 is 2.05 bits per heavy atom. The molecule has 4 rings (SSSR count). The molecule has 2 aliphatic heterocycles. The zero-order chi connectivity index (χ0) is 15.4. The fraction of sp³-hybridized carbons (Fsp3) is 0.562. The predicted molar refractivity (Wildman–Crippen MR) is 97.6 cm³/mol. The first-order chi connectivity index (χ1) is 10.6. The molecular formula is C16H20Br2N4. The summed E-state index contributed by atoms with van der Waals surface area (Å²) in [5.74, 6) is 1.11. The first-order valence-corrected chi connectivity index (χ1v) is 9.55. The number of hydrogen-bond donors (Lipinski definition) is 1. The molecule has 0 aliphatic carbocycles. The average Bonchev–Trinajstić information content (AvgIpc) is 3.15. The Labute approximate surface area is 147 Å². The Balaban J connectivity index is 1.99. The quantitative estimate of drug-likeness (QED) is 0.793. The van der Waals surface area contributed by atoms with E-state index >= 15 is 0 Å². The van der Waals surface area contributed by atoms with Gasteiger partial charge >= 0.3 is 0 Å². The van der Waals surface area contributed by atoms with Crippen LogP contribution in [0.5, 0.6) is 0 Å². The summed E-state index contributed by atoms with van der Waals surface area (Å²) < 4.78 is 4.64. The van der Waals surface area contributed by atoms with E-state index in [1.807, 2.05) is 0 Å². The SMILES string of the molecule is Cc1c(Br)c(Br)c2nc(N3CCCC3CN)n3c2c1CCC3. The number of nitrogens with two attached hydrogens (primary N) is 1. The molecule has 2 aromatic rings. The first kappa shape index (κ1) is 15.0. The van der Waals surface area contributed by atoms with Crippen molar-refractivity contribution in [1.82, 2.24) is 9.55 Å². The number of benzene rings is 1. The van der Waals surface area contributed by atoms with Gasteiger partial charge in [-0.2, -0.15) is 0 Å². The van der Waals surface area contributed by atoms with Crippen molar-refractivity contribution in [3.05, 3.63) is 20.1 Å². The van der Waals surface area contributed by atoms with Crippen LogP contribution in [-0.2, 0) is 13.0 Å². The molecule has 1 aromatic carbocycles. The van der Waals surface area contributed by atoms with Gasteiger partial charge in [-0.1, -0.05) is 0 Å². The molecule has 2 N–H and O–H groups in total. The Hall–Kier alpha value is -0.590. The van der Waals surface area contributed by atoms with E-state index in [9.17, 15) is 0 Å². The molecule has 1 aromatic heterocycles.